The summed E-state index contributed by atoms with van der Waals surface area (Å²) in [6, 6.07) is 54.5. The summed E-state index contributed by atoms with van der Waals surface area (Å²) in [6.07, 6.45) is 0. The SMILES string of the molecule is COc1ccc2c(=O)c3cccc4c(=O)c5cc(N(c6ccc(-c7ccccc7)cc6)c6ccc(-c7ccccc7)cc6)ccc5n(c2c1)c43. The zero-order valence-corrected chi connectivity index (χ0v) is 27.2. The van der Waals surface area contributed by atoms with Crippen LogP contribution in [0.5, 0.6) is 5.75 Å². The van der Waals surface area contributed by atoms with Crippen LogP contribution in [0.15, 0.2) is 173 Å². The number of ether oxygens (including phenoxy) is 1. The van der Waals surface area contributed by atoms with Crippen LogP contribution >= 0.6 is 0 Å². The Morgan fingerprint density at radius 1 is 0.440 bits per heavy atom. The quantitative estimate of drug-likeness (QED) is 0.133. The van der Waals surface area contributed by atoms with Gasteiger partial charge >= 0.3 is 0 Å². The zero-order chi connectivity index (χ0) is 33.8. The minimum Gasteiger partial charge on any atom is -0.497 e. The van der Waals surface area contributed by atoms with Crippen LogP contribution in [0.4, 0.5) is 17.1 Å². The first-order valence-corrected chi connectivity index (χ1v) is 16.5. The van der Waals surface area contributed by atoms with Crippen molar-refractivity contribution in [1.29, 1.82) is 0 Å². The number of pyridine rings is 2. The van der Waals surface area contributed by atoms with Gasteiger partial charge in [0.05, 0.1) is 23.7 Å². The molecule has 50 heavy (non-hydrogen) atoms. The third-order valence-electron chi connectivity index (χ3n) is 9.63. The van der Waals surface area contributed by atoms with E-state index in [0.29, 0.717) is 38.3 Å². The van der Waals surface area contributed by atoms with E-state index in [1.165, 1.54) is 0 Å². The second kappa shape index (κ2) is 11.8. The Morgan fingerprint density at radius 3 is 1.52 bits per heavy atom. The van der Waals surface area contributed by atoms with Crippen molar-refractivity contribution in [2.24, 2.45) is 0 Å². The van der Waals surface area contributed by atoms with Gasteiger partial charge in [0.2, 0.25) is 0 Å². The van der Waals surface area contributed by atoms with Crippen molar-refractivity contribution in [2.45, 2.75) is 0 Å². The van der Waals surface area contributed by atoms with Crippen LogP contribution in [0.1, 0.15) is 0 Å². The fraction of sp³-hybridized carbons (Fsp3) is 0.0222. The minimum atomic E-state index is -0.118. The third kappa shape index (κ3) is 4.71. The number of fused-ring (bicyclic) bond motifs is 4. The van der Waals surface area contributed by atoms with E-state index in [2.05, 4.69) is 77.7 Å². The monoisotopic (exact) mass is 646 g/mol. The number of nitrogens with zero attached hydrogens (tertiary/aromatic N) is 2. The molecule has 0 saturated heterocycles. The average Bonchev–Trinajstić information content (AvgIpc) is 3.19. The van der Waals surface area contributed by atoms with Gasteiger partial charge in [0.25, 0.3) is 0 Å². The molecule has 2 aromatic heterocycles. The maximum absolute atomic E-state index is 14.4. The molecule has 0 atom stereocenters. The molecule has 0 aliphatic heterocycles. The maximum Gasteiger partial charge on any atom is 0.197 e. The molecule has 9 aromatic rings. The van der Waals surface area contributed by atoms with E-state index >= 15 is 0 Å². The first kappa shape index (κ1) is 29.4. The average molecular weight is 647 g/mol. The Bertz CT molecular complexity index is 2730. The van der Waals surface area contributed by atoms with E-state index in [-0.39, 0.29) is 10.9 Å². The lowest BCUT2D eigenvalue weighted by Crippen LogP contribution is -2.15. The predicted octanol–water partition coefficient (Wildman–Crippen LogP) is 10.4. The first-order valence-electron chi connectivity index (χ1n) is 16.5. The van der Waals surface area contributed by atoms with Crippen molar-refractivity contribution < 1.29 is 4.74 Å². The minimum absolute atomic E-state index is 0.104. The molecule has 0 radical (unpaired) electrons. The van der Waals surface area contributed by atoms with E-state index in [0.717, 1.165) is 44.8 Å². The molecule has 5 heteroatoms. The van der Waals surface area contributed by atoms with E-state index in [9.17, 15) is 9.59 Å². The third-order valence-corrected chi connectivity index (χ3v) is 9.63. The predicted molar refractivity (Wildman–Crippen MR) is 206 cm³/mol. The van der Waals surface area contributed by atoms with Crippen LogP contribution < -0.4 is 20.5 Å². The molecule has 0 saturated carbocycles. The van der Waals surface area contributed by atoms with Gasteiger partial charge in [0, 0.05) is 44.7 Å². The van der Waals surface area contributed by atoms with Crippen molar-refractivity contribution in [2.75, 3.05) is 12.0 Å². The lowest BCUT2D eigenvalue weighted by Gasteiger charge is -2.26. The van der Waals surface area contributed by atoms with Gasteiger partial charge < -0.3 is 14.0 Å². The Labute approximate surface area is 287 Å². The van der Waals surface area contributed by atoms with Crippen LogP contribution in [0.2, 0.25) is 0 Å². The Kier molecular flexibility index (Phi) is 6.92. The molecule has 0 amide bonds. The number of benzene rings is 7. The number of anilines is 3. The summed E-state index contributed by atoms with van der Waals surface area (Å²) >= 11 is 0. The van der Waals surface area contributed by atoms with Gasteiger partial charge in [-0.25, -0.2) is 0 Å². The maximum atomic E-state index is 14.4. The fourth-order valence-corrected chi connectivity index (χ4v) is 7.18. The van der Waals surface area contributed by atoms with E-state index < -0.39 is 0 Å². The molecule has 238 valence electrons. The lowest BCUT2D eigenvalue weighted by molar-refractivity contribution is 0.415. The van der Waals surface area contributed by atoms with Crippen LogP contribution in [0.3, 0.4) is 0 Å². The molecule has 9 rings (SSSR count). The molecule has 2 heterocycles. The largest absolute Gasteiger partial charge is 0.497 e. The molecule has 5 nitrogen and oxygen atoms in total. The van der Waals surface area contributed by atoms with E-state index in [1.54, 1.807) is 31.4 Å². The Balaban J connectivity index is 1.28. The Morgan fingerprint density at radius 2 is 0.960 bits per heavy atom. The smallest absolute Gasteiger partial charge is 0.197 e. The summed E-state index contributed by atoms with van der Waals surface area (Å²) in [5.41, 5.74) is 9.11. The molecule has 0 N–H and O–H groups in total. The topological polar surface area (TPSA) is 51.0 Å². The van der Waals surface area contributed by atoms with Crippen LogP contribution in [0, 0.1) is 0 Å². The van der Waals surface area contributed by atoms with E-state index in [1.807, 2.05) is 71.1 Å². The van der Waals surface area contributed by atoms with Gasteiger partial charge in [-0.1, -0.05) is 91.0 Å². The number of hydrogen-bond donors (Lipinski definition) is 0. The molecule has 0 aliphatic rings. The summed E-state index contributed by atoms with van der Waals surface area (Å²) in [4.78, 5) is 30.2. The van der Waals surface area contributed by atoms with Crippen molar-refractivity contribution >= 4 is 55.2 Å². The molecule has 0 aliphatic carbocycles. The van der Waals surface area contributed by atoms with Crippen molar-refractivity contribution in [3.8, 4) is 28.0 Å². The van der Waals surface area contributed by atoms with Gasteiger partial charge in [-0.3, -0.25) is 9.59 Å². The van der Waals surface area contributed by atoms with Crippen LogP contribution in [0.25, 0.3) is 60.3 Å². The molecular weight excluding hydrogens is 617 g/mol. The van der Waals surface area contributed by atoms with Crippen molar-refractivity contribution in [3.63, 3.8) is 0 Å². The van der Waals surface area contributed by atoms with Crippen LogP contribution in [-0.2, 0) is 0 Å². The standard InChI is InChI=1S/C45H30N2O3/c1-50-36-24-25-37-42(28-36)47-41-26-23-35(27-40(41)45(49)39-14-8-13-38(43(39)47)44(37)48)46(33-19-15-31(16-20-33)29-9-4-2-5-10-29)34-21-17-32(18-22-34)30-11-6-3-7-12-30/h2-28H,1H3. The summed E-state index contributed by atoms with van der Waals surface area (Å²) in [7, 11) is 1.61. The van der Waals surface area contributed by atoms with E-state index in [4.69, 9.17) is 4.74 Å². The molecule has 0 spiro atoms. The highest BCUT2D eigenvalue weighted by molar-refractivity contribution is 6.08. The normalized spacial score (nSPS) is 11.5. The van der Waals surface area contributed by atoms with Crippen LogP contribution in [-0.4, -0.2) is 11.5 Å². The number of methoxy groups -OCH3 is 1. The number of aromatic nitrogens is 1. The summed E-state index contributed by atoms with van der Waals surface area (Å²) in [5, 5.41) is 2.14. The second-order valence-corrected chi connectivity index (χ2v) is 12.4. The second-order valence-electron chi connectivity index (χ2n) is 12.4. The molecular formula is C45H30N2O3. The molecule has 0 bridgehead atoms. The highest BCUT2D eigenvalue weighted by Gasteiger charge is 2.20. The van der Waals surface area contributed by atoms with Crippen molar-refractivity contribution in [1.82, 2.24) is 4.40 Å². The summed E-state index contributed by atoms with van der Waals surface area (Å²) in [5.74, 6) is 0.636. The van der Waals surface area contributed by atoms with Gasteiger partial charge in [-0.2, -0.15) is 0 Å². The van der Waals surface area contributed by atoms with Gasteiger partial charge in [-0.15, -0.1) is 0 Å². The number of hydrogen-bond acceptors (Lipinski definition) is 4. The number of para-hydroxylation sites is 1. The summed E-state index contributed by atoms with van der Waals surface area (Å²) in [6.45, 7) is 0. The van der Waals surface area contributed by atoms with Crippen molar-refractivity contribution in [3.05, 3.63) is 184 Å². The molecule has 0 unspecified atom stereocenters. The zero-order valence-electron chi connectivity index (χ0n) is 27.2. The highest BCUT2D eigenvalue weighted by Crippen LogP contribution is 2.38. The first-order chi connectivity index (χ1) is 24.6. The highest BCUT2D eigenvalue weighted by atomic mass is 16.5. The number of rotatable bonds is 6. The fourth-order valence-electron chi connectivity index (χ4n) is 7.18. The summed E-state index contributed by atoms with van der Waals surface area (Å²) < 4.78 is 7.60. The van der Waals surface area contributed by atoms with Gasteiger partial charge in [0.1, 0.15) is 5.75 Å². The van der Waals surface area contributed by atoms with Gasteiger partial charge in [0.15, 0.2) is 10.9 Å². The Hall–Kier alpha value is -6.72. The molecule has 7 aromatic carbocycles. The van der Waals surface area contributed by atoms with Gasteiger partial charge in [-0.05, 0) is 89.0 Å². The lowest BCUT2D eigenvalue weighted by atomic mass is 10.0. The molecule has 0 fully saturated rings.